The first-order chi connectivity index (χ1) is 15.8. The van der Waals surface area contributed by atoms with E-state index in [2.05, 4.69) is 11.3 Å². The summed E-state index contributed by atoms with van der Waals surface area (Å²) in [6.07, 6.45) is -8.63. The van der Waals surface area contributed by atoms with Gasteiger partial charge in [-0.05, 0) is 35.2 Å². The first-order valence-corrected chi connectivity index (χ1v) is 10.6. The van der Waals surface area contributed by atoms with Crippen molar-refractivity contribution in [3.8, 4) is 11.5 Å². The van der Waals surface area contributed by atoms with Gasteiger partial charge in [0.1, 0.15) is 23.5 Å². The quantitative estimate of drug-likeness (QED) is 0.158. The summed E-state index contributed by atoms with van der Waals surface area (Å²) >= 11 is 4.96. The van der Waals surface area contributed by atoms with Crippen LogP contribution in [0.15, 0.2) is 67.3 Å². The van der Waals surface area contributed by atoms with E-state index in [4.69, 9.17) is 21.1 Å². The van der Waals surface area contributed by atoms with Crippen molar-refractivity contribution < 1.29 is 41.0 Å². The first kappa shape index (κ1) is 26.0. The van der Waals surface area contributed by atoms with Gasteiger partial charge in [-0.3, -0.25) is 9.53 Å². The van der Waals surface area contributed by atoms with Crippen LogP contribution < -0.4 is 4.74 Å². The molecular weight excluding hydrogens is 483 g/mol. The molecule has 1 aliphatic rings. The molecule has 0 amide bonds. The summed E-state index contributed by atoms with van der Waals surface area (Å²) in [5.74, 6) is -1.98. The highest BCUT2D eigenvalue weighted by atomic mass is 35.5. The maximum Gasteiger partial charge on any atom is 0.428 e. The van der Waals surface area contributed by atoms with E-state index in [-0.39, 0.29) is 6.61 Å². The number of carbonyl (C=O) groups is 1. The van der Waals surface area contributed by atoms with Crippen LogP contribution in [0, 0.1) is 16.7 Å². The lowest BCUT2D eigenvalue weighted by Crippen LogP contribution is -2.38. The Morgan fingerprint density at radius 3 is 2.29 bits per heavy atom. The smallest absolute Gasteiger partial charge is 0.428 e. The van der Waals surface area contributed by atoms with Gasteiger partial charge in [-0.25, -0.2) is 0 Å². The SMILES string of the molecule is C=CC1(C(=O)OCc2cccc(Oc3ccccc3)c2)C(C(F)(F)OC(Cl)C(F)(F)F)C1(C)C. The molecule has 0 radical (unpaired) electrons. The highest BCUT2D eigenvalue weighted by Gasteiger charge is 2.83. The molecule has 2 aromatic carbocycles. The van der Waals surface area contributed by atoms with E-state index in [1.807, 2.05) is 6.07 Å². The van der Waals surface area contributed by atoms with Crippen molar-refractivity contribution in [2.45, 2.75) is 38.3 Å². The van der Waals surface area contributed by atoms with Crippen molar-refractivity contribution in [1.29, 1.82) is 0 Å². The average molecular weight is 505 g/mol. The number of ether oxygens (including phenoxy) is 3. The molecule has 0 bridgehead atoms. The maximum atomic E-state index is 14.7. The summed E-state index contributed by atoms with van der Waals surface area (Å²) in [7, 11) is 0. The van der Waals surface area contributed by atoms with Crippen molar-refractivity contribution in [3.63, 3.8) is 0 Å². The molecule has 1 fully saturated rings. The fraction of sp³-hybridized carbons (Fsp3) is 0.375. The molecule has 3 atom stereocenters. The third-order valence-electron chi connectivity index (χ3n) is 5.92. The standard InChI is InChI=1S/C24H22ClF5O4/c1-4-22(18(21(22,2)3)24(29,30)34-19(25)23(26,27)28)20(31)32-14-15-9-8-12-17(13-15)33-16-10-6-5-7-11-16/h4-13,18-19H,1,14H2,2-3H3. The lowest BCUT2D eigenvalue weighted by Gasteiger charge is -2.23. The number of esters is 1. The molecule has 2 aromatic rings. The molecule has 184 valence electrons. The Kier molecular flexibility index (Phi) is 7.01. The van der Waals surface area contributed by atoms with Crippen molar-refractivity contribution in [2.24, 2.45) is 16.7 Å². The molecule has 3 rings (SSSR count). The van der Waals surface area contributed by atoms with Crippen LogP contribution in [0.4, 0.5) is 22.0 Å². The summed E-state index contributed by atoms with van der Waals surface area (Å²) in [6.45, 7) is 5.76. The fourth-order valence-electron chi connectivity index (χ4n) is 4.19. The number of benzene rings is 2. The minimum atomic E-state index is -5.21. The molecule has 1 saturated carbocycles. The summed E-state index contributed by atoms with van der Waals surface area (Å²) in [4.78, 5) is 12.9. The highest BCUT2D eigenvalue weighted by molar-refractivity contribution is 6.20. The average Bonchev–Trinajstić information content (AvgIpc) is 3.29. The zero-order valence-corrected chi connectivity index (χ0v) is 19.0. The molecule has 34 heavy (non-hydrogen) atoms. The summed E-state index contributed by atoms with van der Waals surface area (Å²) < 4.78 is 82.1. The van der Waals surface area contributed by atoms with Crippen molar-refractivity contribution in [2.75, 3.05) is 0 Å². The van der Waals surface area contributed by atoms with Gasteiger partial charge in [0.25, 0.3) is 0 Å². The Hall–Kier alpha value is -2.65. The molecule has 4 nitrogen and oxygen atoms in total. The van der Waals surface area contributed by atoms with Crippen molar-refractivity contribution in [3.05, 3.63) is 72.8 Å². The minimum Gasteiger partial charge on any atom is -0.460 e. The van der Waals surface area contributed by atoms with Crippen molar-refractivity contribution in [1.82, 2.24) is 0 Å². The normalized spacial score (nSPS) is 22.5. The lowest BCUT2D eigenvalue weighted by molar-refractivity contribution is -0.316. The highest BCUT2D eigenvalue weighted by Crippen LogP contribution is 2.75. The lowest BCUT2D eigenvalue weighted by atomic mass is 9.96. The van der Waals surface area contributed by atoms with Gasteiger partial charge in [0, 0.05) is 0 Å². The molecule has 10 heteroatoms. The Bertz CT molecular complexity index is 1040. The van der Waals surface area contributed by atoms with E-state index in [1.165, 1.54) is 13.8 Å². The number of alkyl halides is 6. The monoisotopic (exact) mass is 504 g/mol. The van der Waals surface area contributed by atoms with E-state index in [9.17, 15) is 26.7 Å². The zero-order chi connectivity index (χ0) is 25.4. The topological polar surface area (TPSA) is 44.8 Å². The van der Waals surface area contributed by atoms with Crippen LogP contribution in [-0.2, 0) is 20.9 Å². The van der Waals surface area contributed by atoms with Gasteiger partial charge >= 0.3 is 18.3 Å². The molecule has 0 aromatic heterocycles. The third kappa shape index (κ3) is 4.90. The number of rotatable bonds is 9. The molecule has 0 aliphatic heterocycles. The van der Waals surface area contributed by atoms with Crippen LogP contribution in [0.5, 0.6) is 11.5 Å². The number of para-hydroxylation sites is 1. The number of carbonyl (C=O) groups excluding carboxylic acids is 1. The summed E-state index contributed by atoms with van der Waals surface area (Å²) in [5.41, 5.74) is -6.21. The predicted octanol–water partition coefficient (Wildman–Crippen LogP) is 7.09. The van der Waals surface area contributed by atoms with Gasteiger partial charge < -0.3 is 9.47 Å². The molecule has 0 N–H and O–H groups in total. The van der Waals surface area contributed by atoms with E-state index in [0.29, 0.717) is 17.1 Å². The van der Waals surface area contributed by atoms with Gasteiger partial charge in [0.2, 0.25) is 5.56 Å². The number of hydrogen-bond acceptors (Lipinski definition) is 4. The predicted molar refractivity (Wildman–Crippen MR) is 114 cm³/mol. The van der Waals surface area contributed by atoms with E-state index < -0.39 is 40.6 Å². The molecule has 0 heterocycles. The van der Waals surface area contributed by atoms with Gasteiger partial charge in [-0.2, -0.15) is 22.0 Å². The Morgan fingerprint density at radius 1 is 1.09 bits per heavy atom. The minimum absolute atomic E-state index is 0.281. The van der Waals surface area contributed by atoms with Crippen LogP contribution in [0.3, 0.4) is 0 Å². The summed E-state index contributed by atoms with van der Waals surface area (Å²) in [6, 6.07) is 15.5. The molecule has 0 spiro atoms. The van der Waals surface area contributed by atoms with Gasteiger partial charge in [-0.1, -0.05) is 61.9 Å². The van der Waals surface area contributed by atoms with Gasteiger partial charge in [-0.15, -0.1) is 6.58 Å². The van der Waals surface area contributed by atoms with Crippen LogP contribution in [0.2, 0.25) is 0 Å². The zero-order valence-electron chi connectivity index (χ0n) is 18.2. The van der Waals surface area contributed by atoms with Gasteiger partial charge in [0.05, 0.1) is 5.92 Å². The first-order valence-electron chi connectivity index (χ1n) is 10.1. The second kappa shape index (κ2) is 9.19. The molecule has 3 unspecified atom stereocenters. The molecule has 1 aliphatic carbocycles. The number of halogens is 6. The third-order valence-corrected chi connectivity index (χ3v) is 6.26. The Morgan fingerprint density at radius 2 is 1.71 bits per heavy atom. The van der Waals surface area contributed by atoms with Crippen LogP contribution in [0.1, 0.15) is 19.4 Å². The van der Waals surface area contributed by atoms with E-state index >= 15 is 0 Å². The van der Waals surface area contributed by atoms with E-state index in [0.717, 1.165) is 6.08 Å². The molecular formula is C24H22ClF5O4. The summed E-state index contributed by atoms with van der Waals surface area (Å²) in [5, 5.41) is 0. The van der Waals surface area contributed by atoms with Gasteiger partial charge in [0.15, 0.2) is 0 Å². The van der Waals surface area contributed by atoms with E-state index in [1.54, 1.807) is 48.5 Å². The Balaban J connectivity index is 1.72. The van der Waals surface area contributed by atoms with Crippen molar-refractivity contribution >= 4 is 17.6 Å². The second-order valence-electron chi connectivity index (χ2n) is 8.40. The largest absolute Gasteiger partial charge is 0.460 e. The maximum absolute atomic E-state index is 14.7. The van der Waals surface area contributed by atoms with Crippen LogP contribution in [0.25, 0.3) is 0 Å². The second-order valence-corrected chi connectivity index (χ2v) is 8.80. The van der Waals surface area contributed by atoms with Crippen LogP contribution >= 0.6 is 11.6 Å². The van der Waals surface area contributed by atoms with Crippen LogP contribution in [-0.4, -0.2) is 23.8 Å². The Labute approximate surface area is 198 Å². The number of hydrogen-bond donors (Lipinski definition) is 0. The fourth-order valence-corrected chi connectivity index (χ4v) is 4.31. The molecule has 0 saturated heterocycles.